The van der Waals surface area contributed by atoms with Gasteiger partial charge in [0.25, 0.3) is 11.1 Å². The third-order valence-electron chi connectivity index (χ3n) is 4.29. The number of carbonyl (C=O) groups excluding carboxylic acids is 3. The van der Waals surface area contributed by atoms with Crippen molar-refractivity contribution < 1.29 is 19.1 Å². The molecular formula is C19H16N2O4S2. The summed E-state index contributed by atoms with van der Waals surface area (Å²) in [6.45, 7) is 0.221. The summed E-state index contributed by atoms with van der Waals surface area (Å²) >= 11 is 2.34. The van der Waals surface area contributed by atoms with Gasteiger partial charge in [0.1, 0.15) is 12.3 Å². The number of para-hydroxylation sites is 1. The van der Waals surface area contributed by atoms with Crippen molar-refractivity contribution in [3.8, 4) is 5.75 Å². The highest BCUT2D eigenvalue weighted by atomic mass is 32.2. The molecule has 1 atom stereocenters. The molecule has 1 aromatic heterocycles. The lowest BCUT2D eigenvalue weighted by Gasteiger charge is -2.27. The fourth-order valence-electron chi connectivity index (χ4n) is 3.01. The number of nitrogens with one attached hydrogen (secondary N) is 1. The van der Waals surface area contributed by atoms with Crippen molar-refractivity contribution in [2.24, 2.45) is 0 Å². The van der Waals surface area contributed by atoms with Crippen LogP contribution in [-0.2, 0) is 9.59 Å². The topological polar surface area (TPSA) is 75.7 Å². The Kier molecular flexibility index (Phi) is 5.00. The lowest BCUT2D eigenvalue weighted by atomic mass is 10.0. The fraction of sp³-hybridized carbons (Fsp3) is 0.211. The maximum absolute atomic E-state index is 12.5. The van der Waals surface area contributed by atoms with Crippen molar-refractivity contribution in [3.05, 3.63) is 57.1 Å². The van der Waals surface area contributed by atoms with Gasteiger partial charge in [-0.15, -0.1) is 11.3 Å². The van der Waals surface area contributed by atoms with Crippen LogP contribution in [-0.4, -0.2) is 35.1 Å². The van der Waals surface area contributed by atoms with Crippen LogP contribution in [0.15, 0.2) is 46.7 Å². The van der Waals surface area contributed by atoms with Crippen molar-refractivity contribution in [2.75, 3.05) is 13.2 Å². The number of amides is 3. The van der Waals surface area contributed by atoms with Gasteiger partial charge in [-0.25, -0.2) is 0 Å². The molecule has 1 saturated heterocycles. The monoisotopic (exact) mass is 400 g/mol. The molecule has 1 unspecified atom stereocenters. The van der Waals surface area contributed by atoms with E-state index in [1.165, 1.54) is 11.3 Å². The molecule has 2 aliphatic rings. The molecule has 4 rings (SSSR count). The lowest BCUT2D eigenvalue weighted by molar-refractivity contribution is -0.129. The maximum atomic E-state index is 12.5. The zero-order chi connectivity index (χ0) is 18.8. The van der Waals surface area contributed by atoms with Crippen molar-refractivity contribution in [2.45, 2.75) is 12.5 Å². The van der Waals surface area contributed by atoms with Crippen molar-refractivity contribution >= 4 is 46.2 Å². The Morgan fingerprint density at radius 1 is 1.26 bits per heavy atom. The van der Waals surface area contributed by atoms with Gasteiger partial charge in [0.2, 0.25) is 5.91 Å². The van der Waals surface area contributed by atoms with E-state index in [0.29, 0.717) is 17.9 Å². The molecule has 8 heteroatoms. The Balaban J connectivity index is 1.43. The highest BCUT2D eigenvalue weighted by Crippen LogP contribution is 2.34. The summed E-state index contributed by atoms with van der Waals surface area (Å²) in [6.07, 6.45) is 2.32. The van der Waals surface area contributed by atoms with Gasteiger partial charge < -0.3 is 10.1 Å². The summed E-state index contributed by atoms with van der Waals surface area (Å²) in [5.74, 6) is -0.0450. The second kappa shape index (κ2) is 7.58. The minimum atomic E-state index is -0.430. The van der Waals surface area contributed by atoms with E-state index in [2.05, 4.69) is 5.32 Å². The number of nitrogens with zero attached hydrogens (tertiary/aromatic N) is 1. The molecule has 0 spiro atoms. The summed E-state index contributed by atoms with van der Waals surface area (Å²) in [5.41, 5.74) is 0.906. The van der Waals surface area contributed by atoms with Gasteiger partial charge in [-0.1, -0.05) is 24.3 Å². The van der Waals surface area contributed by atoms with Crippen molar-refractivity contribution in [3.63, 3.8) is 0 Å². The Bertz CT molecular complexity index is 924. The summed E-state index contributed by atoms with van der Waals surface area (Å²) in [5, 5.41) is 4.38. The van der Waals surface area contributed by atoms with Gasteiger partial charge in [-0.3, -0.25) is 19.3 Å². The first-order chi connectivity index (χ1) is 13.1. The highest BCUT2D eigenvalue weighted by Gasteiger charge is 2.36. The molecule has 1 fully saturated rings. The predicted molar refractivity (Wildman–Crippen MR) is 104 cm³/mol. The van der Waals surface area contributed by atoms with Crippen LogP contribution in [0.1, 0.15) is 22.9 Å². The van der Waals surface area contributed by atoms with E-state index in [0.717, 1.165) is 32.9 Å². The average Bonchev–Trinajstić information content (AvgIpc) is 3.26. The number of benzene rings is 1. The molecule has 1 N–H and O–H groups in total. The molecule has 138 valence electrons. The normalized spacial score (nSPS) is 20.5. The van der Waals surface area contributed by atoms with Gasteiger partial charge in [0.05, 0.1) is 17.6 Å². The van der Waals surface area contributed by atoms with Crippen LogP contribution in [0.4, 0.5) is 4.79 Å². The molecule has 2 aliphatic heterocycles. The minimum absolute atomic E-state index is 0.191. The smallest absolute Gasteiger partial charge is 0.294 e. The first kappa shape index (κ1) is 17.8. The molecule has 2 aromatic rings. The van der Waals surface area contributed by atoms with Gasteiger partial charge in [-0.05, 0) is 35.4 Å². The van der Waals surface area contributed by atoms with Crippen molar-refractivity contribution in [1.82, 2.24) is 10.2 Å². The van der Waals surface area contributed by atoms with Crippen LogP contribution in [0.3, 0.4) is 0 Å². The first-order valence-electron chi connectivity index (χ1n) is 8.42. The largest absolute Gasteiger partial charge is 0.493 e. The summed E-state index contributed by atoms with van der Waals surface area (Å²) in [6, 6.07) is 11.1. The second-order valence-electron chi connectivity index (χ2n) is 6.08. The molecule has 3 heterocycles. The van der Waals surface area contributed by atoms with Gasteiger partial charge in [0.15, 0.2) is 0 Å². The second-order valence-corrected chi connectivity index (χ2v) is 8.05. The van der Waals surface area contributed by atoms with E-state index >= 15 is 0 Å². The van der Waals surface area contributed by atoms with Crippen LogP contribution < -0.4 is 10.1 Å². The van der Waals surface area contributed by atoms with E-state index in [4.69, 9.17) is 4.74 Å². The zero-order valence-corrected chi connectivity index (χ0v) is 15.8. The van der Waals surface area contributed by atoms with Crippen LogP contribution in [0.25, 0.3) is 6.08 Å². The van der Waals surface area contributed by atoms with Crippen molar-refractivity contribution in [1.29, 1.82) is 0 Å². The Labute approximate surface area is 164 Å². The standard InChI is InChI=1S/C19H16N2O4S2/c22-17(20-14-7-8-25-15-6-2-1-5-13(14)15)11-21-18(23)16(27-19(21)24)10-12-4-3-9-26-12/h1-6,9-10,14H,7-8,11H2,(H,20,22). The lowest BCUT2D eigenvalue weighted by Crippen LogP contribution is -2.41. The molecule has 6 nitrogen and oxygen atoms in total. The number of hydrogen-bond acceptors (Lipinski definition) is 6. The van der Waals surface area contributed by atoms with Gasteiger partial charge in [0, 0.05) is 16.9 Å². The number of imide groups is 1. The van der Waals surface area contributed by atoms with E-state index in [9.17, 15) is 14.4 Å². The van der Waals surface area contributed by atoms with Gasteiger partial charge in [-0.2, -0.15) is 0 Å². The first-order valence-corrected chi connectivity index (χ1v) is 10.1. The van der Waals surface area contributed by atoms with Gasteiger partial charge >= 0.3 is 0 Å². The highest BCUT2D eigenvalue weighted by molar-refractivity contribution is 8.18. The molecule has 27 heavy (non-hydrogen) atoms. The van der Waals surface area contributed by atoms with E-state index < -0.39 is 11.1 Å². The number of thioether (sulfide) groups is 1. The molecule has 0 radical (unpaired) electrons. The Morgan fingerprint density at radius 3 is 2.93 bits per heavy atom. The number of ether oxygens (including phenoxy) is 1. The maximum Gasteiger partial charge on any atom is 0.294 e. The van der Waals surface area contributed by atoms with Crippen LogP contribution in [0.5, 0.6) is 5.75 Å². The zero-order valence-electron chi connectivity index (χ0n) is 14.2. The van der Waals surface area contributed by atoms with Crippen LogP contribution in [0, 0.1) is 0 Å². The quantitative estimate of drug-likeness (QED) is 0.796. The average molecular weight is 400 g/mol. The molecule has 0 aliphatic carbocycles. The van der Waals surface area contributed by atoms with E-state index in [1.807, 2.05) is 41.8 Å². The molecule has 3 amide bonds. The third-order valence-corrected chi connectivity index (χ3v) is 6.01. The molecule has 1 aromatic carbocycles. The molecule has 0 saturated carbocycles. The number of rotatable bonds is 4. The Hall–Kier alpha value is -2.58. The number of fused-ring (bicyclic) bond motifs is 1. The minimum Gasteiger partial charge on any atom is -0.493 e. The Morgan fingerprint density at radius 2 is 2.11 bits per heavy atom. The fourth-order valence-corrected chi connectivity index (χ4v) is 4.58. The van der Waals surface area contributed by atoms with E-state index in [1.54, 1.807) is 6.08 Å². The molecule has 0 bridgehead atoms. The number of hydrogen-bond donors (Lipinski definition) is 1. The van der Waals surface area contributed by atoms with Crippen LogP contribution in [0.2, 0.25) is 0 Å². The SMILES string of the molecule is O=C(CN1C(=O)SC(=Cc2cccs2)C1=O)NC1CCOc2ccccc21. The third kappa shape index (κ3) is 3.77. The predicted octanol–water partition coefficient (Wildman–Crippen LogP) is 3.42. The summed E-state index contributed by atoms with van der Waals surface area (Å²) in [4.78, 5) is 39.4. The van der Waals surface area contributed by atoms with Crippen LogP contribution >= 0.6 is 23.1 Å². The number of carbonyl (C=O) groups is 3. The summed E-state index contributed by atoms with van der Waals surface area (Å²) < 4.78 is 5.59. The molecular weight excluding hydrogens is 384 g/mol. The summed E-state index contributed by atoms with van der Waals surface area (Å²) in [7, 11) is 0. The number of thiophene rings is 1. The van der Waals surface area contributed by atoms with E-state index in [-0.39, 0.29) is 18.5 Å².